The van der Waals surface area contributed by atoms with Crippen molar-refractivity contribution in [1.29, 1.82) is 0 Å². The van der Waals surface area contributed by atoms with Gasteiger partial charge in [-0.2, -0.15) is 0 Å². The first-order valence-electron chi connectivity index (χ1n) is 5.77. The van der Waals surface area contributed by atoms with Crippen molar-refractivity contribution in [2.24, 2.45) is 17.8 Å². The van der Waals surface area contributed by atoms with Gasteiger partial charge in [0.1, 0.15) is 0 Å². The van der Waals surface area contributed by atoms with Crippen LogP contribution in [0.5, 0.6) is 0 Å². The molecule has 0 aliphatic heterocycles. The van der Waals surface area contributed by atoms with Crippen molar-refractivity contribution in [3.63, 3.8) is 0 Å². The smallest absolute Gasteiger partial charge is 0.0389 e. The van der Waals surface area contributed by atoms with Gasteiger partial charge in [0.05, 0.1) is 0 Å². The van der Waals surface area contributed by atoms with Crippen LogP contribution in [0, 0.1) is 17.8 Å². The van der Waals surface area contributed by atoms with E-state index in [1.165, 1.54) is 38.5 Å². The van der Waals surface area contributed by atoms with Crippen molar-refractivity contribution in [3.8, 4) is 0 Å². The van der Waals surface area contributed by atoms with Gasteiger partial charge in [-0.1, -0.05) is 52.9 Å². The minimum absolute atomic E-state index is 0.954. The van der Waals surface area contributed by atoms with Gasteiger partial charge >= 0.3 is 0 Å². The predicted octanol–water partition coefficient (Wildman–Crippen LogP) is 4.25. The average Bonchev–Trinajstić information content (AvgIpc) is 2.02. The highest BCUT2D eigenvalue weighted by Crippen LogP contribution is 2.36. The summed E-state index contributed by atoms with van der Waals surface area (Å²) in [6, 6.07) is 0. The van der Waals surface area contributed by atoms with Crippen LogP contribution in [-0.2, 0) is 0 Å². The normalized spacial score (nSPS) is 23.2. The number of rotatable bonds is 5. The third-order valence-electron chi connectivity index (χ3n) is 3.83. The van der Waals surface area contributed by atoms with Gasteiger partial charge in [-0.15, -0.1) is 0 Å². The fourth-order valence-electron chi connectivity index (χ4n) is 2.29. The molecule has 0 radical (unpaired) electrons. The zero-order chi connectivity index (χ0) is 8.97. The van der Waals surface area contributed by atoms with Crippen LogP contribution in [0.1, 0.15) is 59.3 Å². The Labute approximate surface area is 77.7 Å². The second-order valence-corrected chi connectivity index (χ2v) is 4.59. The first-order valence-corrected chi connectivity index (χ1v) is 5.77. The van der Waals surface area contributed by atoms with E-state index in [1.54, 1.807) is 0 Å². The van der Waals surface area contributed by atoms with E-state index in [0.29, 0.717) is 0 Å². The Morgan fingerprint density at radius 2 is 1.83 bits per heavy atom. The van der Waals surface area contributed by atoms with E-state index in [4.69, 9.17) is 0 Å². The summed E-state index contributed by atoms with van der Waals surface area (Å²) in [5, 5.41) is 0. The summed E-state index contributed by atoms with van der Waals surface area (Å²) in [5.74, 6) is 3.07. The molecule has 2 atom stereocenters. The minimum Gasteiger partial charge on any atom is -0.0651 e. The van der Waals surface area contributed by atoms with E-state index in [9.17, 15) is 0 Å². The maximum absolute atomic E-state index is 2.42. The molecule has 12 heavy (non-hydrogen) atoms. The summed E-state index contributed by atoms with van der Waals surface area (Å²) >= 11 is 0. The van der Waals surface area contributed by atoms with Crippen LogP contribution in [0.15, 0.2) is 0 Å². The largest absolute Gasteiger partial charge is 0.0651 e. The minimum atomic E-state index is 0.954. The van der Waals surface area contributed by atoms with Crippen molar-refractivity contribution in [1.82, 2.24) is 0 Å². The molecule has 1 aliphatic carbocycles. The molecule has 0 amide bonds. The highest BCUT2D eigenvalue weighted by atomic mass is 14.3. The van der Waals surface area contributed by atoms with E-state index >= 15 is 0 Å². The van der Waals surface area contributed by atoms with Gasteiger partial charge in [0.2, 0.25) is 0 Å². The molecule has 72 valence electrons. The summed E-state index contributed by atoms with van der Waals surface area (Å²) < 4.78 is 0. The van der Waals surface area contributed by atoms with Gasteiger partial charge in [0.15, 0.2) is 0 Å². The molecule has 1 aliphatic rings. The van der Waals surface area contributed by atoms with Gasteiger partial charge in [-0.3, -0.25) is 0 Å². The van der Waals surface area contributed by atoms with E-state index in [-0.39, 0.29) is 0 Å². The molecule has 0 N–H and O–H groups in total. The Morgan fingerprint density at radius 3 is 2.17 bits per heavy atom. The topological polar surface area (TPSA) is 0 Å². The molecular weight excluding hydrogens is 144 g/mol. The van der Waals surface area contributed by atoms with E-state index < -0.39 is 0 Å². The highest BCUT2D eigenvalue weighted by Gasteiger charge is 2.23. The molecule has 1 saturated carbocycles. The molecule has 0 nitrogen and oxygen atoms in total. The quantitative estimate of drug-likeness (QED) is 0.575. The summed E-state index contributed by atoms with van der Waals surface area (Å²) in [6.45, 7) is 7.11. The van der Waals surface area contributed by atoms with Crippen LogP contribution in [0.25, 0.3) is 0 Å². The molecular formula is C12H24. The lowest BCUT2D eigenvalue weighted by Gasteiger charge is -2.31. The summed E-state index contributed by atoms with van der Waals surface area (Å²) in [7, 11) is 0. The second-order valence-electron chi connectivity index (χ2n) is 4.59. The second kappa shape index (κ2) is 4.89. The predicted molar refractivity (Wildman–Crippen MR) is 55.2 cm³/mol. The molecule has 0 aromatic rings. The number of hydrogen-bond donors (Lipinski definition) is 0. The maximum Gasteiger partial charge on any atom is -0.0389 e. The van der Waals surface area contributed by atoms with E-state index in [2.05, 4.69) is 20.8 Å². The van der Waals surface area contributed by atoms with Gasteiger partial charge in [0, 0.05) is 0 Å². The summed E-state index contributed by atoms with van der Waals surface area (Å²) in [4.78, 5) is 0. The zero-order valence-electron chi connectivity index (χ0n) is 8.97. The fourth-order valence-corrected chi connectivity index (χ4v) is 2.29. The van der Waals surface area contributed by atoms with Crippen LogP contribution in [0.4, 0.5) is 0 Å². The van der Waals surface area contributed by atoms with E-state index in [1.807, 2.05) is 0 Å². The first-order chi connectivity index (χ1) is 5.77. The SMILES string of the molecule is CCC(C)C(CC)CC1CCC1. The summed E-state index contributed by atoms with van der Waals surface area (Å²) in [6.07, 6.45) is 8.82. The molecule has 0 heterocycles. The molecule has 0 bridgehead atoms. The van der Waals surface area contributed by atoms with Crippen LogP contribution >= 0.6 is 0 Å². The molecule has 0 spiro atoms. The monoisotopic (exact) mass is 168 g/mol. The van der Waals surface area contributed by atoms with Crippen molar-refractivity contribution in [3.05, 3.63) is 0 Å². The third-order valence-corrected chi connectivity index (χ3v) is 3.83. The molecule has 0 heteroatoms. The molecule has 0 aromatic carbocycles. The number of hydrogen-bond acceptors (Lipinski definition) is 0. The standard InChI is InChI=1S/C12H24/c1-4-10(3)12(5-2)9-11-7-6-8-11/h10-12H,4-9H2,1-3H3. The average molecular weight is 168 g/mol. The Balaban J connectivity index is 2.23. The van der Waals surface area contributed by atoms with Crippen molar-refractivity contribution in [2.75, 3.05) is 0 Å². The highest BCUT2D eigenvalue weighted by molar-refractivity contribution is 4.75. The fraction of sp³-hybridized carbons (Fsp3) is 1.00. The lowest BCUT2D eigenvalue weighted by molar-refractivity contribution is 0.202. The molecule has 1 rings (SSSR count). The molecule has 0 aromatic heterocycles. The van der Waals surface area contributed by atoms with Crippen molar-refractivity contribution in [2.45, 2.75) is 59.3 Å². The van der Waals surface area contributed by atoms with Crippen LogP contribution < -0.4 is 0 Å². The van der Waals surface area contributed by atoms with Crippen molar-refractivity contribution >= 4 is 0 Å². The lowest BCUT2D eigenvalue weighted by Crippen LogP contribution is -2.19. The van der Waals surface area contributed by atoms with Crippen LogP contribution in [-0.4, -0.2) is 0 Å². The Morgan fingerprint density at radius 1 is 1.17 bits per heavy atom. The molecule has 2 unspecified atom stereocenters. The van der Waals surface area contributed by atoms with Crippen molar-refractivity contribution < 1.29 is 0 Å². The van der Waals surface area contributed by atoms with E-state index in [0.717, 1.165) is 17.8 Å². The maximum atomic E-state index is 2.42. The first kappa shape index (κ1) is 10.1. The molecule has 1 fully saturated rings. The Hall–Kier alpha value is 0. The Bertz CT molecular complexity index is 113. The van der Waals surface area contributed by atoms with Gasteiger partial charge < -0.3 is 0 Å². The zero-order valence-corrected chi connectivity index (χ0v) is 8.97. The summed E-state index contributed by atoms with van der Waals surface area (Å²) in [5.41, 5.74) is 0. The lowest BCUT2D eigenvalue weighted by atomic mass is 9.74. The van der Waals surface area contributed by atoms with Gasteiger partial charge in [-0.25, -0.2) is 0 Å². The van der Waals surface area contributed by atoms with Gasteiger partial charge in [0.25, 0.3) is 0 Å². The van der Waals surface area contributed by atoms with Crippen LogP contribution in [0.2, 0.25) is 0 Å². The Kier molecular flexibility index (Phi) is 4.11. The van der Waals surface area contributed by atoms with Crippen LogP contribution in [0.3, 0.4) is 0 Å². The molecule has 0 saturated heterocycles. The third kappa shape index (κ3) is 2.50. The van der Waals surface area contributed by atoms with Gasteiger partial charge in [-0.05, 0) is 24.2 Å².